The van der Waals surface area contributed by atoms with Crippen LogP contribution >= 0.6 is 11.3 Å². The molecule has 0 bridgehead atoms. The van der Waals surface area contributed by atoms with Gasteiger partial charge in [-0.25, -0.2) is 9.18 Å². The van der Waals surface area contributed by atoms with Crippen LogP contribution in [-0.2, 0) is 0 Å². The molecule has 8 nitrogen and oxygen atoms in total. The van der Waals surface area contributed by atoms with Crippen LogP contribution in [0.5, 0.6) is 5.75 Å². The smallest absolute Gasteiger partial charge is 0.338 e. The van der Waals surface area contributed by atoms with Gasteiger partial charge in [0, 0.05) is 11.6 Å². The molecule has 2 aliphatic carbocycles. The summed E-state index contributed by atoms with van der Waals surface area (Å²) in [6.45, 7) is 4.69. The number of nitrogens with zero attached hydrogens (tertiary/aromatic N) is 2. The van der Waals surface area contributed by atoms with E-state index in [9.17, 15) is 19.6 Å². The number of quaternary nitrogens is 1. The van der Waals surface area contributed by atoms with Crippen molar-refractivity contribution in [1.29, 1.82) is 0 Å². The van der Waals surface area contributed by atoms with Gasteiger partial charge in [-0.05, 0) is 73.0 Å². The molecule has 2 saturated carbocycles. The SMILES string of the molecule is COc1cc(C(=O)O)c(F)cc1N[N+](O)(O)c1csc(-c2ccc(C3CCC(C)(C)CC3)cc2C2CCC2)n1. The molecular formula is C29H35FN3O5S+. The number of anilines is 1. The number of hydrogen-bond donors (Lipinski definition) is 4. The number of benzene rings is 2. The number of carboxylic acids is 1. The minimum absolute atomic E-state index is 0.0659. The Kier molecular flexibility index (Phi) is 7.41. The Morgan fingerprint density at radius 1 is 1.13 bits per heavy atom. The van der Waals surface area contributed by atoms with Gasteiger partial charge in [0.2, 0.25) is 0 Å². The number of methoxy groups -OCH3 is 1. The number of halogens is 1. The van der Waals surface area contributed by atoms with Crippen LogP contribution in [0, 0.1) is 11.2 Å². The van der Waals surface area contributed by atoms with Gasteiger partial charge in [0.25, 0.3) is 0 Å². The summed E-state index contributed by atoms with van der Waals surface area (Å²) < 4.78 is 19.5. The minimum atomic E-state index is -1.87. The number of aromatic carboxylic acids is 1. The largest absolute Gasteiger partial charge is 0.494 e. The molecule has 3 aromatic rings. The summed E-state index contributed by atoms with van der Waals surface area (Å²) in [4.78, 5) is 13.9. The highest BCUT2D eigenvalue weighted by molar-refractivity contribution is 7.13. The highest BCUT2D eigenvalue weighted by Gasteiger charge is 2.35. The van der Waals surface area contributed by atoms with Crippen molar-refractivity contribution >= 4 is 28.8 Å². The third-order valence-electron chi connectivity index (χ3n) is 8.27. The summed E-state index contributed by atoms with van der Waals surface area (Å²) in [7, 11) is 1.27. The van der Waals surface area contributed by atoms with Gasteiger partial charge in [-0.1, -0.05) is 38.5 Å². The van der Waals surface area contributed by atoms with E-state index >= 15 is 0 Å². The van der Waals surface area contributed by atoms with Crippen molar-refractivity contribution in [1.82, 2.24) is 9.90 Å². The maximum absolute atomic E-state index is 14.3. The van der Waals surface area contributed by atoms with Gasteiger partial charge in [-0.3, -0.25) is 0 Å². The summed E-state index contributed by atoms with van der Waals surface area (Å²) >= 11 is 1.30. The first-order valence-corrected chi connectivity index (χ1v) is 14.2. The van der Waals surface area contributed by atoms with Gasteiger partial charge >= 0.3 is 11.8 Å². The summed E-state index contributed by atoms with van der Waals surface area (Å²) in [5.74, 6) is -1.66. The Morgan fingerprint density at radius 2 is 1.85 bits per heavy atom. The van der Waals surface area contributed by atoms with E-state index in [0.717, 1.165) is 30.5 Å². The van der Waals surface area contributed by atoms with Crippen molar-refractivity contribution in [3.05, 3.63) is 58.2 Å². The third-order valence-corrected chi connectivity index (χ3v) is 9.13. The lowest BCUT2D eigenvalue weighted by atomic mass is 9.70. The molecule has 0 atom stereocenters. The highest BCUT2D eigenvalue weighted by Crippen LogP contribution is 2.47. The second-order valence-electron chi connectivity index (χ2n) is 11.5. The van der Waals surface area contributed by atoms with Gasteiger partial charge in [-0.2, -0.15) is 10.4 Å². The molecule has 2 aliphatic rings. The molecule has 2 fully saturated rings. The molecule has 0 radical (unpaired) electrons. The zero-order chi connectivity index (χ0) is 27.9. The van der Waals surface area contributed by atoms with E-state index in [2.05, 4.69) is 42.5 Å². The van der Waals surface area contributed by atoms with Gasteiger partial charge in [-0.15, -0.1) is 21.8 Å². The van der Waals surface area contributed by atoms with E-state index in [1.54, 1.807) is 0 Å². The van der Waals surface area contributed by atoms with Crippen LogP contribution in [0.3, 0.4) is 0 Å². The zero-order valence-corrected chi connectivity index (χ0v) is 23.2. The first kappa shape index (κ1) is 27.5. The van der Waals surface area contributed by atoms with E-state index in [-0.39, 0.29) is 17.3 Å². The monoisotopic (exact) mass is 556 g/mol. The van der Waals surface area contributed by atoms with Crippen molar-refractivity contribution in [3.63, 3.8) is 0 Å². The first-order chi connectivity index (χ1) is 18.5. The molecule has 0 aliphatic heterocycles. The summed E-state index contributed by atoms with van der Waals surface area (Å²) in [5, 5.41) is 33.0. The van der Waals surface area contributed by atoms with Crippen molar-refractivity contribution in [2.24, 2.45) is 5.41 Å². The fraction of sp³-hybridized carbons (Fsp3) is 0.448. The van der Waals surface area contributed by atoms with E-state index in [1.165, 1.54) is 67.1 Å². The van der Waals surface area contributed by atoms with E-state index < -0.39 is 22.3 Å². The van der Waals surface area contributed by atoms with Crippen LogP contribution in [0.25, 0.3) is 10.6 Å². The minimum Gasteiger partial charge on any atom is -0.494 e. The Labute approximate surface area is 231 Å². The summed E-state index contributed by atoms with van der Waals surface area (Å²) in [6.07, 6.45) is 8.29. The number of hydrogen-bond acceptors (Lipinski definition) is 7. The lowest BCUT2D eigenvalue weighted by Gasteiger charge is -2.35. The lowest BCUT2D eigenvalue weighted by Crippen LogP contribution is -2.48. The molecule has 0 amide bonds. The Hall–Kier alpha value is -3.05. The zero-order valence-electron chi connectivity index (χ0n) is 22.4. The molecule has 0 spiro atoms. The molecule has 4 N–H and O–H groups in total. The molecule has 5 rings (SSSR count). The van der Waals surface area contributed by atoms with Crippen LogP contribution < -0.4 is 15.1 Å². The van der Waals surface area contributed by atoms with Crippen molar-refractivity contribution in [2.45, 2.75) is 70.6 Å². The fourth-order valence-corrected chi connectivity index (χ4v) is 6.43. The van der Waals surface area contributed by atoms with Crippen LogP contribution in [0.1, 0.15) is 92.1 Å². The third kappa shape index (κ3) is 5.65. The predicted octanol–water partition coefficient (Wildman–Crippen LogP) is 7.72. The van der Waals surface area contributed by atoms with Crippen LogP contribution in [-0.4, -0.2) is 33.6 Å². The standard InChI is InChI=1S/C29H34FN3O5S/c1-29(2)11-9-17(10-12-29)19-7-8-20(21(13-19)18-5-4-6-18)27-31-26(16-39-27)33(36,37)32-24-15-23(30)22(28(34)35)14-25(24)38-3/h7-8,13-18,32,36-37H,4-6,9-12H2,1-3H3/p+1. The predicted molar refractivity (Wildman–Crippen MR) is 148 cm³/mol. The van der Waals surface area contributed by atoms with Gasteiger partial charge in [0.05, 0.1) is 18.1 Å². The molecule has 39 heavy (non-hydrogen) atoms. The van der Waals surface area contributed by atoms with E-state index in [4.69, 9.17) is 9.84 Å². The molecule has 0 unspecified atom stereocenters. The maximum atomic E-state index is 14.3. The van der Waals surface area contributed by atoms with Crippen LogP contribution in [0.2, 0.25) is 0 Å². The van der Waals surface area contributed by atoms with Crippen molar-refractivity contribution in [3.8, 4) is 16.3 Å². The number of carboxylic acid groups (broad SMARTS) is 1. The molecule has 208 valence electrons. The average Bonchev–Trinajstić information content (AvgIpc) is 3.34. The normalized spacial score (nSPS) is 18.0. The van der Waals surface area contributed by atoms with Crippen LogP contribution in [0.4, 0.5) is 15.9 Å². The van der Waals surface area contributed by atoms with Gasteiger partial charge < -0.3 is 9.84 Å². The number of ether oxygens (including phenoxy) is 1. The van der Waals surface area contributed by atoms with Crippen molar-refractivity contribution < 1.29 is 29.4 Å². The molecule has 2 aromatic carbocycles. The molecule has 1 heterocycles. The first-order valence-electron chi connectivity index (χ1n) is 13.3. The van der Waals surface area contributed by atoms with E-state index in [1.807, 2.05) is 0 Å². The Morgan fingerprint density at radius 3 is 2.46 bits per heavy atom. The molecule has 1 aromatic heterocycles. The Bertz CT molecular complexity index is 1380. The Balaban J connectivity index is 1.42. The average molecular weight is 557 g/mol. The van der Waals surface area contributed by atoms with Crippen molar-refractivity contribution in [2.75, 3.05) is 12.5 Å². The fourth-order valence-electron chi connectivity index (χ4n) is 5.55. The van der Waals surface area contributed by atoms with Crippen LogP contribution in [0.15, 0.2) is 35.7 Å². The second-order valence-corrected chi connectivity index (χ2v) is 12.3. The molecule has 0 saturated heterocycles. The maximum Gasteiger partial charge on any atom is 0.338 e. The molecular weight excluding hydrogens is 521 g/mol. The summed E-state index contributed by atoms with van der Waals surface area (Å²) in [5.41, 5.74) is 5.68. The summed E-state index contributed by atoms with van der Waals surface area (Å²) in [6, 6.07) is 8.48. The second kappa shape index (κ2) is 10.5. The lowest BCUT2D eigenvalue weighted by molar-refractivity contribution is -0.274. The number of aromatic nitrogens is 1. The topological polar surface area (TPSA) is 112 Å². The number of rotatable bonds is 8. The van der Waals surface area contributed by atoms with E-state index in [0.29, 0.717) is 22.3 Å². The number of thiazole rings is 1. The van der Waals surface area contributed by atoms with Gasteiger partial charge in [0.15, 0.2) is 0 Å². The number of nitrogens with one attached hydrogen (secondary N) is 1. The quantitative estimate of drug-likeness (QED) is 0.166. The highest BCUT2D eigenvalue weighted by atomic mass is 32.1. The van der Waals surface area contributed by atoms with Gasteiger partial charge in [0.1, 0.15) is 27.2 Å². The number of carbonyl (C=O) groups is 1. The molecule has 10 heteroatoms.